The van der Waals surface area contributed by atoms with Crippen LogP contribution in [-0.2, 0) is 12.0 Å². The van der Waals surface area contributed by atoms with Crippen LogP contribution in [0.5, 0.6) is 0 Å². The Morgan fingerprint density at radius 3 is 2.92 bits per heavy atom. The fourth-order valence-corrected chi connectivity index (χ4v) is 4.62. The number of carbonyl (C=O) groups is 1. The van der Waals surface area contributed by atoms with Gasteiger partial charge in [-0.3, -0.25) is 4.79 Å². The fraction of sp³-hybridized carbons (Fsp3) is 0.450. The maximum Gasteiger partial charge on any atom is 0.249 e. The van der Waals surface area contributed by atoms with Gasteiger partial charge in [-0.25, -0.2) is 0 Å². The summed E-state index contributed by atoms with van der Waals surface area (Å²) in [4.78, 5) is 14.3. The van der Waals surface area contributed by atoms with Gasteiger partial charge in [0.05, 0.1) is 5.60 Å². The molecule has 140 valence electrons. The second-order valence-electron chi connectivity index (χ2n) is 7.02. The molecule has 0 bridgehead atoms. The molecule has 2 atom stereocenters. The highest BCUT2D eigenvalue weighted by Crippen LogP contribution is 2.39. The molecule has 0 radical (unpaired) electrons. The topological polar surface area (TPSA) is 78.6 Å². The number of likely N-dealkylation sites (tertiary alicyclic amines) is 1. The zero-order chi connectivity index (χ0) is 18.6. The van der Waals surface area contributed by atoms with E-state index in [9.17, 15) is 9.90 Å². The summed E-state index contributed by atoms with van der Waals surface area (Å²) in [5.41, 5.74) is 6.94. The molecule has 1 aliphatic rings. The summed E-state index contributed by atoms with van der Waals surface area (Å²) in [6.07, 6.45) is 1.61. The molecule has 0 saturated carbocycles. The van der Waals surface area contributed by atoms with Gasteiger partial charge in [0, 0.05) is 37.7 Å². The number of primary amides is 1. The van der Waals surface area contributed by atoms with Crippen LogP contribution in [-0.4, -0.2) is 49.1 Å². The lowest BCUT2D eigenvalue weighted by Gasteiger charge is -2.45. The van der Waals surface area contributed by atoms with E-state index in [0.717, 1.165) is 26.1 Å². The van der Waals surface area contributed by atoms with Gasteiger partial charge in [-0.2, -0.15) is 11.3 Å². The molecule has 2 heterocycles. The number of piperidine rings is 1. The van der Waals surface area contributed by atoms with Crippen molar-refractivity contribution in [3.8, 4) is 0 Å². The third kappa shape index (κ3) is 3.99. The summed E-state index contributed by atoms with van der Waals surface area (Å²) in [6.45, 7) is 3.24. The minimum atomic E-state index is -1.05. The Morgan fingerprint density at radius 1 is 1.42 bits per heavy atom. The normalized spacial score (nSPS) is 23.8. The van der Waals surface area contributed by atoms with E-state index in [1.54, 1.807) is 23.5 Å². The van der Waals surface area contributed by atoms with Gasteiger partial charge in [0.1, 0.15) is 0 Å². The standard InChI is InChI=1S/C20H27N3O2S/c1-22-12-16-13-23(9-6-15-7-11-26-14-15)10-8-20(16,25)18-5-3-2-4-17(18)19(21)24/h2-5,7,11,14,16,22,25H,6,8-10,12-13H2,1H3,(H2,21,24)/t16-,20+/m0/s1. The average molecular weight is 374 g/mol. The van der Waals surface area contributed by atoms with Gasteiger partial charge < -0.3 is 21.1 Å². The Kier molecular flexibility index (Phi) is 6.09. The number of rotatable bonds is 7. The minimum absolute atomic E-state index is 0.00998. The molecule has 0 aliphatic carbocycles. The van der Waals surface area contributed by atoms with Crippen molar-refractivity contribution in [3.05, 3.63) is 57.8 Å². The molecule has 3 rings (SSSR count). The molecule has 1 amide bonds. The molecular weight excluding hydrogens is 346 g/mol. The second-order valence-corrected chi connectivity index (χ2v) is 7.80. The van der Waals surface area contributed by atoms with E-state index >= 15 is 0 Å². The first kappa shape index (κ1) is 19.0. The first-order chi connectivity index (χ1) is 12.5. The first-order valence-electron chi connectivity index (χ1n) is 9.04. The van der Waals surface area contributed by atoms with Crippen molar-refractivity contribution in [2.24, 2.45) is 11.7 Å². The summed E-state index contributed by atoms with van der Waals surface area (Å²) in [5.74, 6) is -0.499. The molecule has 4 N–H and O–H groups in total. The van der Waals surface area contributed by atoms with Crippen LogP contribution in [0.15, 0.2) is 41.1 Å². The van der Waals surface area contributed by atoms with Crippen LogP contribution in [0, 0.1) is 5.92 Å². The van der Waals surface area contributed by atoms with Crippen molar-refractivity contribution in [1.29, 1.82) is 0 Å². The van der Waals surface area contributed by atoms with Crippen molar-refractivity contribution in [2.75, 3.05) is 33.2 Å². The summed E-state index contributed by atoms with van der Waals surface area (Å²) in [6, 6.07) is 9.35. The van der Waals surface area contributed by atoms with E-state index in [0.29, 0.717) is 24.1 Å². The number of hydrogen-bond donors (Lipinski definition) is 3. The predicted octanol–water partition coefficient (Wildman–Crippen LogP) is 1.82. The average Bonchev–Trinajstić information content (AvgIpc) is 3.16. The largest absolute Gasteiger partial charge is 0.385 e. The zero-order valence-corrected chi connectivity index (χ0v) is 16.0. The van der Waals surface area contributed by atoms with Crippen molar-refractivity contribution in [2.45, 2.75) is 18.4 Å². The number of hydrogen-bond acceptors (Lipinski definition) is 5. The van der Waals surface area contributed by atoms with Crippen molar-refractivity contribution < 1.29 is 9.90 Å². The Balaban J connectivity index is 1.78. The van der Waals surface area contributed by atoms with E-state index in [1.807, 2.05) is 19.2 Å². The molecule has 0 spiro atoms. The smallest absolute Gasteiger partial charge is 0.249 e. The van der Waals surface area contributed by atoms with Crippen LogP contribution in [0.3, 0.4) is 0 Å². The minimum Gasteiger partial charge on any atom is -0.385 e. The Hall–Kier alpha value is -1.73. The maximum atomic E-state index is 11.9. The summed E-state index contributed by atoms with van der Waals surface area (Å²) < 4.78 is 0. The van der Waals surface area contributed by atoms with Crippen LogP contribution in [0.1, 0.15) is 27.9 Å². The number of nitrogens with two attached hydrogens (primary N) is 1. The monoisotopic (exact) mass is 373 g/mol. The molecule has 1 aromatic carbocycles. The van der Waals surface area contributed by atoms with Gasteiger partial charge in [-0.05, 0) is 53.9 Å². The number of thiophene rings is 1. The van der Waals surface area contributed by atoms with Crippen molar-refractivity contribution >= 4 is 17.2 Å². The highest BCUT2D eigenvalue weighted by Gasteiger charge is 2.43. The molecular formula is C20H27N3O2S. The quantitative estimate of drug-likeness (QED) is 0.692. The predicted molar refractivity (Wildman–Crippen MR) is 105 cm³/mol. The van der Waals surface area contributed by atoms with E-state index in [1.165, 1.54) is 5.56 Å². The van der Waals surface area contributed by atoms with Crippen LogP contribution < -0.4 is 11.1 Å². The lowest BCUT2D eigenvalue weighted by atomic mass is 9.74. The summed E-state index contributed by atoms with van der Waals surface area (Å²) in [5, 5.41) is 19.1. The van der Waals surface area contributed by atoms with Crippen LogP contribution in [0.4, 0.5) is 0 Å². The second kappa shape index (κ2) is 8.31. The molecule has 1 aliphatic heterocycles. The summed E-state index contributed by atoms with van der Waals surface area (Å²) in [7, 11) is 1.89. The first-order valence-corrected chi connectivity index (χ1v) is 9.98. The number of aliphatic hydroxyl groups is 1. The highest BCUT2D eigenvalue weighted by atomic mass is 32.1. The van der Waals surface area contributed by atoms with Gasteiger partial charge in [0.15, 0.2) is 0 Å². The van der Waals surface area contributed by atoms with Gasteiger partial charge in [0.25, 0.3) is 0 Å². The van der Waals surface area contributed by atoms with Crippen LogP contribution >= 0.6 is 11.3 Å². The number of benzene rings is 1. The van der Waals surface area contributed by atoms with Crippen LogP contribution in [0.25, 0.3) is 0 Å². The lowest BCUT2D eigenvalue weighted by molar-refractivity contribution is -0.0766. The molecule has 5 nitrogen and oxygen atoms in total. The molecule has 6 heteroatoms. The SMILES string of the molecule is CNC[C@H]1CN(CCc2ccsc2)CC[C@]1(O)c1ccccc1C(N)=O. The van der Waals surface area contributed by atoms with E-state index in [-0.39, 0.29) is 5.92 Å². The van der Waals surface area contributed by atoms with Gasteiger partial charge >= 0.3 is 0 Å². The molecule has 1 aromatic heterocycles. The van der Waals surface area contributed by atoms with Gasteiger partial charge in [-0.1, -0.05) is 18.2 Å². The molecule has 2 aromatic rings. The van der Waals surface area contributed by atoms with E-state index in [4.69, 9.17) is 5.73 Å². The van der Waals surface area contributed by atoms with E-state index in [2.05, 4.69) is 27.0 Å². The summed E-state index contributed by atoms with van der Waals surface area (Å²) >= 11 is 1.72. The van der Waals surface area contributed by atoms with Gasteiger partial charge in [-0.15, -0.1) is 0 Å². The zero-order valence-electron chi connectivity index (χ0n) is 15.1. The molecule has 0 unspecified atom stereocenters. The van der Waals surface area contributed by atoms with E-state index < -0.39 is 11.5 Å². The maximum absolute atomic E-state index is 11.9. The number of amides is 1. The number of nitrogens with zero attached hydrogens (tertiary/aromatic N) is 1. The van der Waals surface area contributed by atoms with Gasteiger partial charge in [0.2, 0.25) is 5.91 Å². The van der Waals surface area contributed by atoms with Crippen molar-refractivity contribution in [3.63, 3.8) is 0 Å². The van der Waals surface area contributed by atoms with Crippen LogP contribution in [0.2, 0.25) is 0 Å². The Bertz CT molecular complexity index is 734. The highest BCUT2D eigenvalue weighted by molar-refractivity contribution is 7.07. The lowest BCUT2D eigenvalue weighted by Crippen LogP contribution is -2.53. The fourth-order valence-electron chi connectivity index (χ4n) is 3.92. The molecule has 1 fully saturated rings. The molecule has 26 heavy (non-hydrogen) atoms. The third-order valence-corrected chi connectivity index (χ3v) is 6.10. The third-order valence-electron chi connectivity index (χ3n) is 5.37. The molecule has 1 saturated heterocycles. The number of nitrogens with one attached hydrogen (secondary N) is 1. The Labute approximate surface area is 158 Å². The van der Waals surface area contributed by atoms with Crippen molar-refractivity contribution in [1.82, 2.24) is 10.2 Å². The number of carbonyl (C=O) groups excluding carboxylic acids is 1. The Morgan fingerprint density at radius 2 is 2.23 bits per heavy atom.